The minimum absolute atomic E-state index is 0.279. The molecular formula is C7H17NO. The molecule has 0 heterocycles. The third kappa shape index (κ3) is 5.80. The molecule has 0 aliphatic carbocycles. The SMILES string of the molecule is CC(C)NC(C)CCO. The Morgan fingerprint density at radius 1 is 1.33 bits per heavy atom. The van der Waals surface area contributed by atoms with E-state index in [9.17, 15) is 0 Å². The van der Waals surface area contributed by atoms with Crippen molar-refractivity contribution in [3.05, 3.63) is 0 Å². The van der Waals surface area contributed by atoms with Crippen LogP contribution in [0.25, 0.3) is 0 Å². The standard InChI is InChI=1S/C7H17NO/c1-6(2)8-7(3)4-5-9/h6-9H,4-5H2,1-3H3. The number of hydrogen-bond acceptors (Lipinski definition) is 2. The maximum Gasteiger partial charge on any atom is 0.0445 e. The molecule has 0 fully saturated rings. The fourth-order valence-corrected chi connectivity index (χ4v) is 0.846. The molecule has 1 atom stereocenters. The van der Waals surface area contributed by atoms with Crippen molar-refractivity contribution in [2.24, 2.45) is 0 Å². The first-order valence-electron chi connectivity index (χ1n) is 3.53. The first-order chi connectivity index (χ1) is 4.16. The average molecular weight is 131 g/mol. The van der Waals surface area contributed by atoms with Crippen molar-refractivity contribution in [1.29, 1.82) is 0 Å². The molecule has 0 bridgehead atoms. The normalized spacial score (nSPS) is 14.3. The maximum atomic E-state index is 8.51. The van der Waals surface area contributed by atoms with Crippen LogP contribution in [0.15, 0.2) is 0 Å². The van der Waals surface area contributed by atoms with Gasteiger partial charge in [0.2, 0.25) is 0 Å². The minimum Gasteiger partial charge on any atom is -0.396 e. The summed E-state index contributed by atoms with van der Waals surface area (Å²) < 4.78 is 0. The fraction of sp³-hybridized carbons (Fsp3) is 1.00. The van der Waals surface area contributed by atoms with E-state index in [-0.39, 0.29) is 6.61 Å². The van der Waals surface area contributed by atoms with Crippen molar-refractivity contribution < 1.29 is 5.11 Å². The summed E-state index contributed by atoms with van der Waals surface area (Å²) in [6, 6.07) is 0.960. The molecule has 0 amide bonds. The molecule has 0 radical (unpaired) electrons. The van der Waals surface area contributed by atoms with Gasteiger partial charge in [-0.25, -0.2) is 0 Å². The summed E-state index contributed by atoms with van der Waals surface area (Å²) in [5, 5.41) is 11.8. The van der Waals surface area contributed by atoms with Gasteiger partial charge in [-0.05, 0) is 13.3 Å². The van der Waals surface area contributed by atoms with E-state index in [1.807, 2.05) is 0 Å². The molecule has 2 nitrogen and oxygen atoms in total. The van der Waals surface area contributed by atoms with E-state index in [0.717, 1.165) is 6.42 Å². The van der Waals surface area contributed by atoms with Gasteiger partial charge in [0.25, 0.3) is 0 Å². The van der Waals surface area contributed by atoms with Crippen LogP contribution in [0.2, 0.25) is 0 Å². The lowest BCUT2D eigenvalue weighted by atomic mass is 10.2. The molecule has 0 saturated carbocycles. The summed E-state index contributed by atoms with van der Waals surface area (Å²) in [6.45, 7) is 6.57. The molecule has 0 aliphatic heterocycles. The van der Waals surface area contributed by atoms with Gasteiger partial charge in [-0.15, -0.1) is 0 Å². The van der Waals surface area contributed by atoms with Crippen LogP contribution in [0.5, 0.6) is 0 Å². The third-order valence-electron chi connectivity index (χ3n) is 1.18. The van der Waals surface area contributed by atoms with Crippen LogP contribution in [-0.2, 0) is 0 Å². The maximum absolute atomic E-state index is 8.51. The monoisotopic (exact) mass is 131 g/mol. The Hall–Kier alpha value is -0.0800. The van der Waals surface area contributed by atoms with Crippen LogP contribution in [-0.4, -0.2) is 23.8 Å². The molecule has 0 aromatic heterocycles. The lowest BCUT2D eigenvalue weighted by molar-refractivity contribution is 0.265. The molecule has 0 aliphatic rings. The van der Waals surface area contributed by atoms with Crippen LogP contribution < -0.4 is 5.32 Å². The van der Waals surface area contributed by atoms with Crippen molar-refractivity contribution in [2.45, 2.75) is 39.3 Å². The Labute approximate surface area is 57.3 Å². The number of hydrogen-bond donors (Lipinski definition) is 2. The highest BCUT2D eigenvalue weighted by Crippen LogP contribution is 1.90. The largest absolute Gasteiger partial charge is 0.396 e. The van der Waals surface area contributed by atoms with Gasteiger partial charge in [-0.2, -0.15) is 0 Å². The lowest BCUT2D eigenvalue weighted by Crippen LogP contribution is -2.32. The highest BCUT2D eigenvalue weighted by Gasteiger charge is 2.00. The van der Waals surface area contributed by atoms with Gasteiger partial charge < -0.3 is 10.4 Å². The lowest BCUT2D eigenvalue weighted by Gasteiger charge is -2.14. The van der Waals surface area contributed by atoms with Crippen molar-refractivity contribution in [3.63, 3.8) is 0 Å². The summed E-state index contributed by atoms with van der Waals surface area (Å²) in [4.78, 5) is 0. The Morgan fingerprint density at radius 3 is 2.22 bits per heavy atom. The second-order valence-electron chi connectivity index (χ2n) is 2.73. The van der Waals surface area contributed by atoms with Gasteiger partial charge in [-0.3, -0.25) is 0 Å². The number of nitrogens with one attached hydrogen (secondary N) is 1. The van der Waals surface area contributed by atoms with Gasteiger partial charge in [0.15, 0.2) is 0 Å². The fourth-order valence-electron chi connectivity index (χ4n) is 0.846. The highest BCUT2D eigenvalue weighted by molar-refractivity contribution is 4.62. The summed E-state index contributed by atoms with van der Waals surface area (Å²) in [5.74, 6) is 0. The summed E-state index contributed by atoms with van der Waals surface area (Å²) in [6.07, 6.45) is 0.845. The van der Waals surface area contributed by atoms with E-state index in [0.29, 0.717) is 12.1 Å². The topological polar surface area (TPSA) is 32.3 Å². The molecule has 0 aromatic carbocycles. The first-order valence-corrected chi connectivity index (χ1v) is 3.53. The van der Waals surface area contributed by atoms with E-state index in [2.05, 4.69) is 26.1 Å². The van der Waals surface area contributed by atoms with E-state index in [1.54, 1.807) is 0 Å². The molecule has 0 spiro atoms. The van der Waals surface area contributed by atoms with Crippen molar-refractivity contribution >= 4 is 0 Å². The predicted molar refractivity (Wildman–Crippen MR) is 39.4 cm³/mol. The average Bonchev–Trinajstić information content (AvgIpc) is 1.63. The Morgan fingerprint density at radius 2 is 1.89 bits per heavy atom. The van der Waals surface area contributed by atoms with Crippen LogP contribution in [0, 0.1) is 0 Å². The number of aliphatic hydroxyl groups excluding tert-OH is 1. The second-order valence-corrected chi connectivity index (χ2v) is 2.73. The zero-order chi connectivity index (χ0) is 7.28. The number of aliphatic hydroxyl groups is 1. The summed E-state index contributed by atoms with van der Waals surface area (Å²) >= 11 is 0. The zero-order valence-electron chi connectivity index (χ0n) is 6.52. The molecule has 2 N–H and O–H groups in total. The van der Waals surface area contributed by atoms with Crippen LogP contribution in [0.3, 0.4) is 0 Å². The van der Waals surface area contributed by atoms with Gasteiger partial charge in [-0.1, -0.05) is 13.8 Å². The van der Waals surface area contributed by atoms with Crippen LogP contribution in [0.4, 0.5) is 0 Å². The van der Waals surface area contributed by atoms with Crippen molar-refractivity contribution in [3.8, 4) is 0 Å². The summed E-state index contributed by atoms with van der Waals surface area (Å²) in [5.41, 5.74) is 0. The van der Waals surface area contributed by atoms with E-state index >= 15 is 0 Å². The van der Waals surface area contributed by atoms with Gasteiger partial charge in [0, 0.05) is 18.7 Å². The quantitative estimate of drug-likeness (QED) is 0.590. The van der Waals surface area contributed by atoms with Gasteiger partial charge in [0.05, 0.1) is 0 Å². The third-order valence-corrected chi connectivity index (χ3v) is 1.18. The molecule has 0 rings (SSSR count). The predicted octanol–water partition coefficient (Wildman–Crippen LogP) is 0.755. The first kappa shape index (κ1) is 8.92. The van der Waals surface area contributed by atoms with Crippen molar-refractivity contribution in [1.82, 2.24) is 5.32 Å². The second kappa shape index (κ2) is 4.77. The minimum atomic E-state index is 0.279. The molecular weight excluding hydrogens is 114 g/mol. The highest BCUT2D eigenvalue weighted by atomic mass is 16.3. The molecule has 1 unspecified atom stereocenters. The molecule has 9 heavy (non-hydrogen) atoms. The van der Waals surface area contributed by atoms with E-state index in [4.69, 9.17) is 5.11 Å². The van der Waals surface area contributed by atoms with Gasteiger partial charge in [0.1, 0.15) is 0 Å². The molecule has 2 heteroatoms. The van der Waals surface area contributed by atoms with Crippen molar-refractivity contribution in [2.75, 3.05) is 6.61 Å². The zero-order valence-corrected chi connectivity index (χ0v) is 6.52. The Balaban J connectivity index is 3.15. The Bertz CT molecular complexity index is 63.9. The van der Waals surface area contributed by atoms with E-state index in [1.165, 1.54) is 0 Å². The Kier molecular flexibility index (Phi) is 4.72. The summed E-state index contributed by atoms with van der Waals surface area (Å²) in [7, 11) is 0. The van der Waals surface area contributed by atoms with Crippen LogP contribution in [0.1, 0.15) is 27.2 Å². The molecule has 0 saturated heterocycles. The smallest absolute Gasteiger partial charge is 0.0445 e. The van der Waals surface area contributed by atoms with Crippen LogP contribution >= 0.6 is 0 Å². The molecule has 56 valence electrons. The number of rotatable bonds is 4. The van der Waals surface area contributed by atoms with E-state index < -0.39 is 0 Å². The molecule has 0 aromatic rings. The van der Waals surface area contributed by atoms with Gasteiger partial charge >= 0.3 is 0 Å².